The summed E-state index contributed by atoms with van der Waals surface area (Å²) in [6, 6.07) is 5.59. The minimum absolute atomic E-state index is 0.0395. The highest BCUT2D eigenvalue weighted by molar-refractivity contribution is 5.77. The summed E-state index contributed by atoms with van der Waals surface area (Å²) in [5.74, 6) is -0.0581. The quantitative estimate of drug-likeness (QED) is 0.397. The minimum Gasteiger partial charge on any atom is -0.493 e. The predicted molar refractivity (Wildman–Crippen MR) is 94.3 cm³/mol. The van der Waals surface area contributed by atoms with Gasteiger partial charge in [-0.15, -0.1) is 0 Å². The third-order valence-corrected chi connectivity index (χ3v) is 4.69. The van der Waals surface area contributed by atoms with Gasteiger partial charge in [-0.3, -0.25) is 14.8 Å². The fourth-order valence-electron chi connectivity index (χ4n) is 3.24. The second-order valence-electron chi connectivity index (χ2n) is 6.51. The third kappa shape index (κ3) is 5.62. The molecule has 2 N–H and O–H groups in total. The summed E-state index contributed by atoms with van der Waals surface area (Å²) in [6.45, 7) is 0. The van der Waals surface area contributed by atoms with Crippen LogP contribution in [0.1, 0.15) is 44.1 Å². The molecule has 0 aliphatic heterocycles. The van der Waals surface area contributed by atoms with E-state index in [1.165, 1.54) is 20.0 Å². The van der Waals surface area contributed by atoms with E-state index in [1.54, 1.807) is 12.6 Å². The van der Waals surface area contributed by atoms with Crippen LogP contribution in [0.4, 0.5) is 0 Å². The van der Waals surface area contributed by atoms with E-state index < -0.39 is 11.8 Å². The molecular weight excluding hydrogens is 338 g/mol. The molecule has 1 aromatic rings. The van der Waals surface area contributed by atoms with Gasteiger partial charge >= 0.3 is 5.97 Å². The van der Waals surface area contributed by atoms with Crippen molar-refractivity contribution in [3.05, 3.63) is 23.8 Å². The maximum absolute atomic E-state index is 12.0. The van der Waals surface area contributed by atoms with Gasteiger partial charge in [-0.2, -0.15) is 0 Å². The van der Waals surface area contributed by atoms with Crippen molar-refractivity contribution in [2.24, 2.45) is 5.92 Å². The van der Waals surface area contributed by atoms with Gasteiger partial charge in [-0.1, -0.05) is 6.07 Å². The Hall–Kier alpha value is -2.28. The zero-order valence-electron chi connectivity index (χ0n) is 15.3. The zero-order valence-corrected chi connectivity index (χ0v) is 15.3. The lowest BCUT2D eigenvalue weighted by Crippen LogP contribution is -2.24. The predicted octanol–water partition coefficient (Wildman–Crippen LogP) is 2.63. The Labute approximate surface area is 153 Å². The molecule has 1 atom stereocenters. The number of esters is 1. The van der Waals surface area contributed by atoms with Crippen LogP contribution >= 0.6 is 0 Å². The molecule has 1 fully saturated rings. The van der Waals surface area contributed by atoms with Gasteiger partial charge in [0.25, 0.3) is 0 Å². The average molecular weight is 365 g/mol. The summed E-state index contributed by atoms with van der Waals surface area (Å²) in [5, 5.41) is 8.62. The molecule has 1 saturated carbocycles. The maximum atomic E-state index is 12.0. The highest BCUT2D eigenvalue weighted by Gasteiger charge is 2.23. The molecule has 1 aromatic carbocycles. The topological polar surface area (TPSA) is 94.1 Å². The van der Waals surface area contributed by atoms with Gasteiger partial charge in [0, 0.05) is 6.42 Å². The normalized spacial score (nSPS) is 15.3. The smallest absolute Gasteiger partial charge is 0.309 e. The number of nitrogens with one attached hydrogen (secondary N) is 1. The van der Waals surface area contributed by atoms with Gasteiger partial charge in [0.1, 0.15) is 0 Å². The number of rotatable bonds is 9. The maximum Gasteiger partial charge on any atom is 0.309 e. The average Bonchev–Trinajstić information content (AvgIpc) is 3.17. The van der Waals surface area contributed by atoms with E-state index in [2.05, 4.69) is 0 Å². The Kier molecular flexibility index (Phi) is 7.72. The van der Waals surface area contributed by atoms with E-state index >= 15 is 0 Å². The molecule has 1 aliphatic rings. The lowest BCUT2D eigenvalue weighted by Gasteiger charge is -2.18. The molecular formula is C19H27NO6. The van der Waals surface area contributed by atoms with Crippen LogP contribution < -0.4 is 15.0 Å². The molecule has 26 heavy (non-hydrogen) atoms. The number of hydroxylamine groups is 1. The van der Waals surface area contributed by atoms with E-state index in [-0.39, 0.29) is 24.9 Å². The highest BCUT2D eigenvalue weighted by Crippen LogP contribution is 2.33. The number of hydrogen-bond acceptors (Lipinski definition) is 6. The van der Waals surface area contributed by atoms with Crippen LogP contribution in [0.3, 0.4) is 0 Å². The number of hydrogen-bond donors (Lipinski definition) is 2. The molecule has 144 valence electrons. The lowest BCUT2D eigenvalue weighted by molar-refractivity contribution is -0.145. The molecule has 0 heterocycles. The number of carbonyl (C=O) groups is 2. The molecule has 0 saturated heterocycles. The van der Waals surface area contributed by atoms with E-state index in [9.17, 15) is 9.59 Å². The van der Waals surface area contributed by atoms with Crippen LogP contribution in [0.5, 0.6) is 11.5 Å². The van der Waals surface area contributed by atoms with Gasteiger partial charge in [0.2, 0.25) is 5.91 Å². The first kappa shape index (κ1) is 20.0. The Balaban J connectivity index is 2.11. The first-order valence-corrected chi connectivity index (χ1v) is 8.91. The monoisotopic (exact) mass is 365 g/mol. The van der Waals surface area contributed by atoms with Crippen LogP contribution in [0.15, 0.2) is 18.2 Å². The largest absolute Gasteiger partial charge is 0.493 e. The molecule has 1 unspecified atom stereocenters. The SMILES string of the molecule is COC(=O)C(CCC(=O)NO)Cc1ccc(OC)c(OC2CCCC2)c1. The number of benzene rings is 1. The van der Waals surface area contributed by atoms with Crippen molar-refractivity contribution in [2.75, 3.05) is 14.2 Å². The standard InChI is InChI=1S/C19H27NO6/c1-24-16-9-7-13(12-17(16)26-15-5-3-4-6-15)11-14(19(22)25-2)8-10-18(21)20-23/h7,9,12,14-15,23H,3-6,8,10-11H2,1-2H3,(H,20,21). The first-order valence-electron chi connectivity index (χ1n) is 8.91. The van der Waals surface area contributed by atoms with Gasteiger partial charge in [-0.05, 0) is 56.2 Å². The van der Waals surface area contributed by atoms with Crippen molar-refractivity contribution >= 4 is 11.9 Å². The number of ether oxygens (including phenoxy) is 3. The Morgan fingerprint density at radius 3 is 2.58 bits per heavy atom. The number of carbonyl (C=O) groups excluding carboxylic acids is 2. The third-order valence-electron chi connectivity index (χ3n) is 4.69. The molecule has 0 radical (unpaired) electrons. The van der Waals surface area contributed by atoms with E-state index in [1.807, 2.05) is 18.2 Å². The van der Waals surface area contributed by atoms with Crippen LogP contribution in [0.25, 0.3) is 0 Å². The van der Waals surface area contributed by atoms with Crippen molar-refractivity contribution in [2.45, 2.75) is 51.0 Å². The van der Waals surface area contributed by atoms with Crippen LogP contribution in [0, 0.1) is 5.92 Å². The lowest BCUT2D eigenvalue weighted by atomic mass is 9.94. The van der Waals surface area contributed by atoms with Gasteiger partial charge in [-0.25, -0.2) is 5.48 Å². The fourth-order valence-corrected chi connectivity index (χ4v) is 3.24. The summed E-state index contributed by atoms with van der Waals surface area (Å²) in [7, 11) is 2.92. The van der Waals surface area contributed by atoms with Crippen LogP contribution in [0.2, 0.25) is 0 Å². The van der Waals surface area contributed by atoms with Gasteiger partial charge < -0.3 is 14.2 Å². The van der Waals surface area contributed by atoms with Crippen molar-refractivity contribution in [3.63, 3.8) is 0 Å². The Morgan fingerprint density at radius 1 is 1.23 bits per heavy atom. The second-order valence-corrected chi connectivity index (χ2v) is 6.51. The first-order chi connectivity index (χ1) is 12.6. The van der Waals surface area contributed by atoms with Crippen molar-refractivity contribution < 1.29 is 29.0 Å². The molecule has 7 heteroatoms. The molecule has 7 nitrogen and oxygen atoms in total. The van der Waals surface area contributed by atoms with Crippen molar-refractivity contribution in [3.8, 4) is 11.5 Å². The van der Waals surface area contributed by atoms with E-state index in [4.69, 9.17) is 19.4 Å². The second kappa shape index (κ2) is 10.0. The van der Waals surface area contributed by atoms with Crippen LogP contribution in [-0.2, 0) is 20.7 Å². The fraction of sp³-hybridized carbons (Fsp3) is 0.579. The summed E-state index contributed by atoms with van der Waals surface area (Å²) >= 11 is 0. The molecule has 1 aliphatic carbocycles. The molecule has 0 bridgehead atoms. The van der Waals surface area contributed by atoms with E-state index in [0.717, 1.165) is 18.4 Å². The molecule has 0 spiro atoms. The molecule has 0 aromatic heterocycles. The number of methoxy groups -OCH3 is 2. The van der Waals surface area contributed by atoms with Gasteiger partial charge in [0.05, 0.1) is 26.2 Å². The Bertz CT molecular complexity index is 612. The van der Waals surface area contributed by atoms with Crippen molar-refractivity contribution in [1.29, 1.82) is 0 Å². The molecule has 1 amide bonds. The summed E-state index contributed by atoms with van der Waals surface area (Å²) in [6.07, 6.45) is 5.35. The summed E-state index contributed by atoms with van der Waals surface area (Å²) < 4.78 is 16.3. The highest BCUT2D eigenvalue weighted by atomic mass is 16.5. The minimum atomic E-state index is -0.529. The molecule has 2 rings (SSSR count). The van der Waals surface area contributed by atoms with Crippen molar-refractivity contribution in [1.82, 2.24) is 5.48 Å². The number of amides is 1. The Morgan fingerprint density at radius 2 is 1.96 bits per heavy atom. The van der Waals surface area contributed by atoms with Crippen LogP contribution in [-0.4, -0.2) is 37.4 Å². The zero-order chi connectivity index (χ0) is 18.9. The van der Waals surface area contributed by atoms with E-state index in [0.29, 0.717) is 17.9 Å². The summed E-state index contributed by atoms with van der Waals surface area (Å²) in [4.78, 5) is 23.3. The summed E-state index contributed by atoms with van der Waals surface area (Å²) in [5.41, 5.74) is 2.48. The van der Waals surface area contributed by atoms with Gasteiger partial charge in [0.15, 0.2) is 11.5 Å².